The molecule has 0 rings (SSSR count). The van der Waals surface area contributed by atoms with Gasteiger partial charge in [0.1, 0.15) is 5.60 Å². The number of allylic oxidation sites excluding steroid dienone is 4. The van der Waals surface area contributed by atoms with Gasteiger partial charge in [-0.05, 0) is 54.0 Å². The van der Waals surface area contributed by atoms with E-state index in [9.17, 15) is 4.79 Å². The molecule has 0 aromatic heterocycles. The first-order valence-electron chi connectivity index (χ1n) is 9.62. The third-order valence-electron chi connectivity index (χ3n) is 2.22. The van der Waals surface area contributed by atoms with Gasteiger partial charge in [-0.15, -0.1) is 0 Å². The van der Waals surface area contributed by atoms with Gasteiger partial charge in [0.25, 0.3) is 0 Å². The molecule has 0 aliphatic rings. The minimum atomic E-state index is -0.522. The molecule has 0 atom stereocenters. The zero-order valence-corrected chi connectivity index (χ0v) is 19.3. The molecule has 0 aliphatic heterocycles. The van der Waals surface area contributed by atoms with Crippen molar-refractivity contribution in [2.45, 2.75) is 102 Å². The smallest absolute Gasteiger partial charge is 0.419 e. The van der Waals surface area contributed by atoms with E-state index in [2.05, 4.69) is 13.5 Å². The van der Waals surface area contributed by atoms with Crippen LogP contribution in [0.4, 0.5) is 4.79 Å². The van der Waals surface area contributed by atoms with E-state index in [1.54, 1.807) is 6.92 Å². The largest absolute Gasteiger partial charge is 0.443 e. The summed E-state index contributed by atoms with van der Waals surface area (Å²) in [5.41, 5.74) is 1.99. The lowest BCUT2D eigenvalue weighted by Crippen LogP contribution is -2.35. The van der Waals surface area contributed by atoms with E-state index < -0.39 is 11.7 Å². The summed E-state index contributed by atoms with van der Waals surface area (Å²) in [7, 11) is 0. The lowest BCUT2D eigenvalue weighted by molar-refractivity contribution is 0.0370. The van der Waals surface area contributed by atoms with Crippen LogP contribution < -0.4 is 0 Å². The van der Waals surface area contributed by atoms with Crippen LogP contribution in [0.2, 0.25) is 0 Å². The van der Waals surface area contributed by atoms with Gasteiger partial charge < -0.3 is 4.74 Å². The number of carbonyl (C=O) groups excluding carboxylic acids is 1. The maximum Gasteiger partial charge on any atom is 0.419 e. The van der Waals surface area contributed by atoms with Crippen molar-refractivity contribution in [3.05, 3.63) is 35.7 Å². The predicted octanol–water partition coefficient (Wildman–Crippen LogP) is 8.10. The van der Waals surface area contributed by atoms with Crippen LogP contribution in [0.5, 0.6) is 0 Å². The molecule has 3 nitrogen and oxygen atoms in total. The molecule has 0 unspecified atom stereocenters. The third kappa shape index (κ3) is 17.1. The first-order valence-corrected chi connectivity index (χ1v) is 9.62. The fourth-order valence-electron chi connectivity index (χ4n) is 1.46. The summed E-state index contributed by atoms with van der Waals surface area (Å²) in [6.07, 6.45) is 4.48. The number of rotatable bonds is 4. The zero-order valence-electron chi connectivity index (χ0n) is 19.3. The summed E-state index contributed by atoms with van der Waals surface area (Å²) < 4.78 is 5.43. The number of ether oxygens (including phenoxy) is 1. The van der Waals surface area contributed by atoms with E-state index in [0.29, 0.717) is 5.70 Å². The maximum absolute atomic E-state index is 12.3. The molecule has 3 heteroatoms. The van der Waals surface area contributed by atoms with E-state index in [1.807, 2.05) is 88.3 Å². The summed E-state index contributed by atoms with van der Waals surface area (Å²) in [6, 6.07) is 0. The highest BCUT2D eigenvalue weighted by molar-refractivity contribution is 5.73. The van der Waals surface area contributed by atoms with Crippen molar-refractivity contribution < 1.29 is 9.53 Å². The Kier molecular flexibility index (Phi) is 23.6. The molecule has 0 spiro atoms. The van der Waals surface area contributed by atoms with Gasteiger partial charge in [-0.25, -0.2) is 4.79 Å². The number of nitrogens with zero attached hydrogens (tertiary/aromatic N) is 1. The van der Waals surface area contributed by atoms with E-state index >= 15 is 0 Å². The molecule has 0 bridgehead atoms. The average Bonchev–Trinajstić information content (AvgIpc) is 2.54. The first-order chi connectivity index (χ1) is 11.6. The number of hydrogen-bond acceptors (Lipinski definition) is 2. The molecule has 0 fully saturated rings. The summed E-state index contributed by atoms with van der Waals surface area (Å²) >= 11 is 0. The second-order valence-corrected chi connectivity index (χ2v) is 5.75. The normalized spacial score (nSPS) is 9.32. The molecule has 25 heavy (non-hydrogen) atoms. The highest BCUT2D eigenvalue weighted by Crippen LogP contribution is 2.21. The van der Waals surface area contributed by atoms with Crippen molar-refractivity contribution in [2.75, 3.05) is 0 Å². The fraction of sp³-hybridized carbons (Fsp3) is 0.682. The summed E-state index contributed by atoms with van der Waals surface area (Å²) in [6.45, 7) is 29.2. The van der Waals surface area contributed by atoms with Crippen molar-refractivity contribution in [3.63, 3.8) is 0 Å². The summed E-state index contributed by atoms with van der Waals surface area (Å²) in [5.74, 6) is 0. The zero-order chi connectivity index (χ0) is 21.2. The Morgan fingerprint density at radius 1 is 1.00 bits per heavy atom. The Labute approximate surface area is 158 Å². The third-order valence-corrected chi connectivity index (χ3v) is 2.22. The SMILES string of the molecule is C=C(C)N(C(=O)OC(C)(C)C)C(/C=C\CC)=C(C)C.CC.CC.CC. The van der Waals surface area contributed by atoms with Crippen LogP contribution in [0.1, 0.15) is 96.4 Å². The van der Waals surface area contributed by atoms with Crippen LogP contribution in [-0.4, -0.2) is 16.6 Å². The van der Waals surface area contributed by atoms with Gasteiger partial charge in [-0.1, -0.05) is 66.7 Å². The second kappa shape index (κ2) is 18.8. The van der Waals surface area contributed by atoms with Gasteiger partial charge in [0.2, 0.25) is 0 Å². The highest BCUT2D eigenvalue weighted by atomic mass is 16.6. The minimum absolute atomic E-state index is 0.392. The molecule has 0 saturated carbocycles. The maximum atomic E-state index is 12.3. The van der Waals surface area contributed by atoms with Crippen molar-refractivity contribution in [2.24, 2.45) is 0 Å². The highest BCUT2D eigenvalue weighted by Gasteiger charge is 2.25. The molecule has 1 amide bonds. The lowest BCUT2D eigenvalue weighted by Gasteiger charge is -2.29. The van der Waals surface area contributed by atoms with Crippen molar-refractivity contribution in [1.82, 2.24) is 4.90 Å². The minimum Gasteiger partial charge on any atom is -0.443 e. The first kappa shape index (κ1) is 31.3. The standard InChI is InChI=1S/C16H27NO2.3C2H6/c1-9-10-11-14(12(2)3)17(13(4)5)15(18)19-16(6,7)8;3*1-2/h10-11H,4,9H2,1-3,5-8H3;3*1-2H3/b11-10-;;;. The Morgan fingerprint density at radius 3 is 1.64 bits per heavy atom. The van der Waals surface area contributed by atoms with E-state index in [-0.39, 0.29) is 0 Å². The Morgan fingerprint density at radius 2 is 1.40 bits per heavy atom. The molecule has 0 aliphatic carbocycles. The van der Waals surface area contributed by atoms with Gasteiger partial charge >= 0.3 is 6.09 Å². The fourth-order valence-corrected chi connectivity index (χ4v) is 1.46. The van der Waals surface area contributed by atoms with E-state index in [0.717, 1.165) is 17.7 Å². The Hall–Kier alpha value is -1.51. The number of carbonyl (C=O) groups is 1. The number of hydrogen-bond donors (Lipinski definition) is 0. The molecule has 0 N–H and O–H groups in total. The van der Waals surface area contributed by atoms with Crippen molar-refractivity contribution >= 4 is 6.09 Å². The number of amides is 1. The average molecular weight is 356 g/mol. The molecular weight excluding hydrogens is 310 g/mol. The van der Waals surface area contributed by atoms with Gasteiger partial charge in [-0.2, -0.15) is 0 Å². The molecular formula is C22H45NO2. The van der Waals surface area contributed by atoms with Crippen LogP contribution in [0.3, 0.4) is 0 Å². The molecule has 150 valence electrons. The van der Waals surface area contributed by atoms with Gasteiger partial charge in [0.15, 0.2) is 0 Å². The molecule has 0 radical (unpaired) electrons. The predicted molar refractivity (Wildman–Crippen MR) is 115 cm³/mol. The quantitative estimate of drug-likeness (QED) is 0.477. The molecule has 0 aromatic carbocycles. The van der Waals surface area contributed by atoms with Crippen LogP contribution in [0.15, 0.2) is 35.7 Å². The van der Waals surface area contributed by atoms with E-state index in [4.69, 9.17) is 4.74 Å². The monoisotopic (exact) mass is 355 g/mol. The topological polar surface area (TPSA) is 29.5 Å². The Balaban J connectivity index is -0.000000329. The Bertz CT molecular complexity index is 395. The molecule has 0 saturated heterocycles. The van der Waals surface area contributed by atoms with Crippen LogP contribution in [-0.2, 0) is 4.74 Å². The second-order valence-electron chi connectivity index (χ2n) is 5.75. The van der Waals surface area contributed by atoms with Crippen LogP contribution in [0.25, 0.3) is 0 Å². The van der Waals surface area contributed by atoms with Crippen LogP contribution >= 0.6 is 0 Å². The molecule has 0 aromatic rings. The summed E-state index contributed by atoms with van der Waals surface area (Å²) in [5, 5.41) is 0. The molecule has 0 heterocycles. The van der Waals surface area contributed by atoms with Gasteiger partial charge in [0, 0.05) is 5.70 Å². The van der Waals surface area contributed by atoms with Gasteiger partial charge in [-0.3, -0.25) is 4.90 Å². The van der Waals surface area contributed by atoms with E-state index in [1.165, 1.54) is 4.90 Å². The van der Waals surface area contributed by atoms with Crippen molar-refractivity contribution in [1.29, 1.82) is 0 Å². The lowest BCUT2D eigenvalue weighted by atomic mass is 10.2. The van der Waals surface area contributed by atoms with Crippen molar-refractivity contribution in [3.8, 4) is 0 Å². The van der Waals surface area contributed by atoms with Crippen LogP contribution in [0, 0.1) is 0 Å². The van der Waals surface area contributed by atoms with Gasteiger partial charge in [0.05, 0.1) is 5.70 Å². The summed E-state index contributed by atoms with van der Waals surface area (Å²) in [4.78, 5) is 13.8.